The monoisotopic (exact) mass is 250 g/mol. The molecule has 0 bridgehead atoms. The molecule has 0 aromatic carbocycles. The van der Waals surface area contributed by atoms with Gasteiger partial charge in [0, 0.05) is 6.54 Å². The second kappa shape index (κ2) is 7.46. The van der Waals surface area contributed by atoms with Gasteiger partial charge in [-0.25, -0.2) is 4.79 Å². The lowest BCUT2D eigenvalue weighted by Crippen LogP contribution is -2.46. The Morgan fingerprint density at radius 3 is 2.69 bits per heavy atom. The van der Waals surface area contributed by atoms with Gasteiger partial charge in [-0.2, -0.15) is 0 Å². The average molecular weight is 251 g/mol. The maximum atomic E-state index is 11.7. The minimum atomic E-state index is -0.565. The van der Waals surface area contributed by atoms with Gasteiger partial charge >= 0.3 is 5.97 Å². The molecule has 1 amide bonds. The fraction of sp³-hybridized carbons (Fsp3) is 0.800. The van der Waals surface area contributed by atoms with E-state index in [1.165, 1.54) is 7.11 Å². The van der Waals surface area contributed by atoms with Gasteiger partial charge in [-0.15, -0.1) is 12.4 Å². The highest BCUT2D eigenvalue weighted by Crippen LogP contribution is 2.09. The molecule has 0 aromatic rings. The Labute approximate surface area is 102 Å². The first-order valence-corrected chi connectivity index (χ1v) is 5.24. The van der Waals surface area contributed by atoms with E-state index in [2.05, 4.69) is 15.4 Å². The van der Waals surface area contributed by atoms with Crippen molar-refractivity contribution in [1.82, 2.24) is 10.6 Å². The minimum absolute atomic E-state index is 0. The van der Waals surface area contributed by atoms with E-state index in [0.717, 1.165) is 19.4 Å². The van der Waals surface area contributed by atoms with E-state index in [0.29, 0.717) is 6.54 Å². The van der Waals surface area contributed by atoms with Crippen molar-refractivity contribution in [2.75, 3.05) is 20.2 Å². The number of carbonyl (C=O) groups is 2. The number of carbonyl (C=O) groups excluding carboxylic acids is 2. The Balaban J connectivity index is 0.00000225. The van der Waals surface area contributed by atoms with Crippen LogP contribution in [-0.4, -0.2) is 38.1 Å². The van der Waals surface area contributed by atoms with Crippen molar-refractivity contribution in [3.63, 3.8) is 0 Å². The van der Waals surface area contributed by atoms with E-state index < -0.39 is 12.0 Å². The van der Waals surface area contributed by atoms with E-state index in [-0.39, 0.29) is 24.2 Å². The molecule has 2 atom stereocenters. The highest BCUT2D eigenvalue weighted by Gasteiger charge is 2.24. The van der Waals surface area contributed by atoms with Crippen LogP contribution in [0.1, 0.15) is 19.8 Å². The van der Waals surface area contributed by atoms with E-state index >= 15 is 0 Å². The number of amides is 1. The average Bonchev–Trinajstić information content (AvgIpc) is 2.29. The molecule has 2 N–H and O–H groups in total. The molecular formula is C10H19ClN2O3. The van der Waals surface area contributed by atoms with Gasteiger partial charge in [-0.05, 0) is 26.3 Å². The molecule has 94 valence electrons. The Kier molecular flexibility index (Phi) is 7.08. The Morgan fingerprint density at radius 1 is 1.50 bits per heavy atom. The fourth-order valence-corrected chi connectivity index (χ4v) is 1.64. The summed E-state index contributed by atoms with van der Waals surface area (Å²) < 4.78 is 4.53. The van der Waals surface area contributed by atoms with Crippen molar-refractivity contribution < 1.29 is 14.3 Å². The van der Waals surface area contributed by atoms with Crippen LogP contribution in [0.2, 0.25) is 0 Å². The van der Waals surface area contributed by atoms with Gasteiger partial charge in [0.1, 0.15) is 6.04 Å². The maximum absolute atomic E-state index is 11.7. The summed E-state index contributed by atoms with van der Waals surface area (Å²) >= 11 is 0. The second-order valence-corrected chi connectivity index (χ2v) is 3.80. The Hall–Kier alpha value is -0.810. The number of ether oxygens (including phenoxy) is 1. The molecule has 1 unspecified atom stereocenters. The van der Waals surface area contributed by atoms with Gasteiger partial charge < -0.3 is 15.4 Å². The lowest BCUT2D eigenvalue weighted by molar-refractivity contribution is -0.145. The zero-order valence-corrected chi connectivity index (χ0v) is 10.4. The number of esters is 1. The number of piperidine rings is 1. The minimum Gasteiger partial charge on any atom is -0.467 e. The summed E-state index contributed by atoms with van der Waals surface area (Å²) in [4.78, 5) is 22.7. The van der Waals surface area contributed by atoms with Crippen LogP contribution >= 0.6 is 12.4 Å². The molecule has 0 aromatic heterocycles. The predicted molar refractivity (Wildman–Crippen MR) is 62.5 cm³/mol. The molecule has 1 aliphatic heterocycles. The van der Waals surface area contributed by atoms with Gasteiger partial charge in [0.15, 0.2) is 0 Å². The van der Waals surface area contributed by atoms with Crippen molar-refractivity contribution >= 4 is 24.3 Å². The number of hydrogen-bond acceptors (Lipinski definition) is 4. The number of nitrogens with one attached hydrogen (secondary N) is 2. The molecule has 0 radical (unpaired) electrons. The lowest BCUT2D eigenvalue weighted by Gasteiger charge is -2.23. The van der Waals surface area contributed by atoms with Crippen LogP contribution in [-0.2, 0) is 14.3 Å². The summed E-state index contributed by atoms with van der Waals surface area (Å²) in [5.74, 6) is -0.502. The number of rotatable bonds is 3. The highest BCUT2D eigenvalue weighted by atomic mass is 35.5. The van der Waals surface area contributed by atoms with Gasteiger partial charge in [0.05, 0.1) is 13.0 Å². The topological polar surface area (TPSA) is 67.4 Å². The third kappa shape index (κ3) is 4.37. The summed E-state index contributed by atoms with van der Waals surface area (Å²) in [6.07, 6.45) is 1.89. The first-order chi connectivity index (χ1) is 7.15. The second-order valence-electron chi connectivity index (χ2n) is 3.80. The van der Waals surface area contributed by atoms with E-state index in [1.54, 1.807) is 6.92 Å². The summed E-state index contributed by atoms with van der Waals surface area (Å²) in [5, 5.41) is 5.80. The smallest absolute Gasteiger partial charge is 0.328 e. The molecule has 0 saturated carbocycles. The van der Waals surface area contributed by atoms with E-state index in [1.807, 2.05) is 0 Å². The number of halogens is 1. The summed E-state index contributed by atoms with van der Waals surface area (Å²) in [6.45, 7) is 3.29. The van der Waals surface area contributed by atoms with E-state index in [9.17, 15) is 9.59 Å². The third-order valence-corrected chi connectivity index (χ3v) is 2.58. The SMILES string of the molecule is COC(=O)[C@@H](C)NC(=O)C1CCCNC1.Cl. The summed E-state index contributed by atoms with van der Waals surface area (Å²) in [5.41, 5.74) is 0. The molecule has 5 nitrogen and oxygen atoms in total. The first-order valence-electron chi connectivity index (χ1n) is 5.24. The van der Waals surface area contributed by atoms with Crippen LogP contribution in [0, 0.1) is 5.92 Å². The molecule has 0 spiro atoms. The van der Waals surface area contributed by atoms with Crippen LogP contribution in [0.5, 0.6) is 0 Å². The van der Waals surface area contributed by atoms with Crippen molar-refractivity contribution in [1.29, 1.82) is 0 Å². The molecule has 1 aliphatic rings. The molecule has 0 aliphatic carbocycles. The van der Waals surface area contributed by atoms with Gasteiger partial charge in [-0.3, -0.25) is 4.79 Å². The number of hydrogen-bond donors (Lipinski definition) is 2. The van der Waals surface area contributed by atoms with Crippen LogP contribution < -0.4 is 10.6 Å². The predicted octanol–water partition coefficient (Wildman–Crippen LogP) is 0.0855. The van der Waals surface area contributed by atoms with Crippen LogP contribution in [0.3, 0.4) is 0 Å². The molecule has 6 heteroatoms. The molecule has 1 rings (SSSR count). The van der Waals surface area contributed by atoms with Gasteiger partial charge in [0.25, 0.3) is 0 Å². The molecule has 16 heavy (non-hydrogen) atoms. The summed E-state index contributed by atoms with van der Waals surface area (Å²) in [7, 11) is 1.31. The first kappa shape index (κ1) is 15.2. The lowest BCUT2D eigenvalue weighted by atomic mass is 9.98. The van der Waals surface area contributed by atoms with Crippen molar-refractivity contribution in [3.05, 3.63) is 0 Å². The van der Waals surface area contributed by atoms with Crippen LogP contribution in [0.4, 0.5) is 0 Å². The van der Waals surface area contributed by atoms with Crippen LogP contribution in [0.25, 0.3) is 0 Å². The molecule has 1 saturated heterocycles. The molecule has 1 heterocycles. The Morgan fingerprint density at radius 2 is 2.19 bits per heavy atom. The maximum Gasteiger partial charge on any atom is 0.328 e. The zero-order valence-electron chi connectivity index (χ0n) is 9.62. The van der Waals surface area contributed by atoms with Crippen molar-refractivity contribution in [3.8, 4) is 0 Å². The van der Waals surface area contributed by atoms with Gasteiger partial charge in [-0.1, -0.05) is 0 Å². The standard InChI is InChI=1S/C10H18N2O3.ClH/c1-7(10(14)15-2)12-9(13)8-4-3-5-11-6-8;/h7-8,11H,3-6H2,1-2H3,(H,12,13);1H/t7-,8?;/m1./s1. The number of methoxy groups -OCH3 is 1. The molecule has 1 fully saturated rings. The Bertz CT molecular complexity index is 242. The third-order valence-electron chi connectivity index (χ3n) is 2.58. The zero-order chi connectivity index (χ0) is 11.3. The van der Waals surface area contributed by atoms with Crippen molar-refractivity contribution in [2.45, 2.75) is 25.8 Å². The fourth-order valence-electron chi connectivity index (χ4n) is 1.64. The van der Waals surface area contributed by atoms with Crippen LogP contribution in [0.15, 0.2) is 0 Å². The largest absolute Gasteiger partial charge is 0.467 e. The highest BCUT2D eigenvalue weighted by molar-refractivity contribution is 5.85. The molecular weight excluding hydrogens is 232 g/mol. The summed E-state index contributed by atoms with van der Waals surface area (Å²) in [6, 6.07) is -0.565. The quantitative estimate of drug-likeness (QED) is 0.697. The normalized spacial score (nSPS) is 21.5. The van der Waals surface area contributed by atoms with Gasteiger partial charge in [0.2, 0.25) is 5.91 Å². The van der Waals surface area contributed by atoms with E-state index in [4.69, 9.17) is 0 Å². The van der Waals surface area contributed by atoms with Crippen molar-refractivity contribution in [2.24, 2.45) is 5.92 Å².